The van der Waals surface area contributed by atoms with Crippen LogP contribution in [0.2, 0.25) is 0 Å². The van der Waals surface area contributed by atoms with Gasteiger partial charge in [-0.2, -0.15) is 0 Å². The Morgan fingerprint density at radius 1 is 1.22 bits per heavy atom. The fourth-order valence-corrected chi connectivity index (χ4v) is 3.21. The van der Waals surface area contributed by atoms with Crippen LogP contribution in [0.15, 0.2) is 61.2 Å². The van der Waals surface area contributed by atoms with Gasteiger partial charge in [0.25, 0.3) is 0 Å². The molecule has 0 N–H and O–H groups in total. The fraction of sp³-hybridized carbons (Fsp3) is 0.250. The van der Waals surface area contributed by atoms with E-state index >= 15 is 0 Å². The normalized spacial score (nSPS) is 16.7. The molecule has 0 fully saturated rings. The molecule has 0 saturated carbocycles. The van der Waals surface area contributed by atoms with Gasteiger partial charge in [-0.3, -0.25) is 4.79 Å². The van der Waals surface area contributed by atoms with Crippen molar-refractivity contribution in [1.29, 1.82) is 0 Å². The van der Waals surface area contributed by atoms with Crippen LogP contribution in [-0.2, 0) is 11.2 Å². The lowest BCUT2D eigenvalue weighted by atomic mass is 9.88. The molecule has 0 saturated heterocycles. The first-order chi connectivity index (χ1) is 11.2. The molecule has 0 aromatic heterocycles. The quantitative estimate of drug-likeness (QED) is 0.773. The number of allylic oxidation sites excluding steroid dienone is 1. The van der Waals surface area contributed by atoms with Gasteiger partial charge in [-0.15, -0.1) is 6.58 Å². The molecule has 1 amide bonds. The molecule has 3 rings (SSSR count). The van der Waals surface area contributed by atoms with Gasteiger partial charge >= 0.3 is 0 Å². The second-order valence-electron chi connectivity index (χ2n) is 5.82. The highest BCUT2D eigenvalue weighted by molar-refractivity contribution is 5.78. The third kappa shape index (κ3) is 3.19. The van der Waals surface area contributed by atoms with Gasteiger partial charge in [-0.05, 0) is 41.7 Å². The Balaban J connectivity index is 2.01. The van der Waals surface area contributed by atoms with E-state index in [2.05, 4.69) is 18.7 Å². The van der Waals surface area contributed by atoms with Crippen LogP contribution in [-0.4, -0.2) is 17.4 Å². The van der Waals surface area contributed by atoms with E-state index in [1.807, 2.05) is 17.0 Å². The number of carbonyl (C=O) groups excluding carboxylic acids is 1. The maximum absolute atomic E-state index is 13.3. The fourth-order valence-electron chi connectivity index (χ4n) is 3.21. The Labute approximate surface area is 136 Å². The third-order valence-corrected chi connectivity index (χ3v) is 4.35. The van der Waals surface area contributed by atoms with Crippen molar-refractivity contribution in [3.63, 3.8) is 0 Å². The molecule has 3 heteroatoms. The van der Waals surface area contributed by atoms with Gasteiger partial charge in [0, 0.05) is 13.0 Å². The summed E-state index contributed by atoms with van der Waals surface area (Å²) in [5.41, 5.74) is 3.34. The summed E-state index contributed by atoms with van der Waals surface area (Å²) in [6.45, 7) is 4.38. The van der Waals surface area contributed by atoms with Crippen LogP contribution in [0.3, 0.4) is 0 Å². The van der Waals surface area contributed by atoms with Crippen molar-refractivity contribution in [3.05, 3.63) is 83.7 Å². The molecule has 2 aromatic carbocycles. The topological polar surface area (TPSA) is 20.3 Å². The number of hydrogen-bond acceptors (Lipinski definition) is 1. The minimum Gasteiger partial charge on any atom is -0.331 e. The molecule has 1 atom stereocenters. The highest BCUT2D eigenvalue weighted by Gasteiger charge is 2.31. The Morgan fingerprint density at radius 3 is 2.70 bits per heavy atom. The highest BCUT2D eigenvalue weighted by Crippen LogP contribution is 2.35. The van der Waals surface area contributed by atoms with Gasteiger partial charge in [-0.25, -0.2) is 4.39 Å². The zero-order chi connectivity index (χ0) is 16.2. The molecule has 0 bridgehead atoms. The lowest BCUT2D eigenvalue weighted by Gasteiger charge is -2.38. The van der Waals surface area contributed by atoms with Crippen molar-refractivity contribution < 1.29 is 9.18 Å². The van der Waals surface area contributed by atoms with E-state index in [-0.39, 0.29) is 17.8 Å². The monoisotopic (exact) mass is 309 g/mol. The first-order valence-corrected chi connectivity index (χ1v) is 7.94. The maximum Gasteiger partial charge on any atom is 0.223 e. The number of amides is 1. The second kappa shape index (κ2) is 6.78. The molecule has 1 heterocycles. The molecular weight excluding hydrogens is 289 g/mol. The molecular formula is C20H20FNO. The summed E-state index contributed by atoms with van der Waals surface area (Å²) in [5, 5.41) is 0. The number of fused-ring (bicyclic) bond motifs is 1. The van der Waals surface area contributed by atoms with Gasteiger partial charge in [-0.1, -0.05) is 42.5 Å². The van der Waals surface area contributed by atoms with Gasteiger partial charge in [0.2, 0.25) is 5.91 Å². The number of hydrogen-bond donors (Lipinski definition) is 0. The average Bonchev–Trinajstić information content (AvgIpc) is 2.59. The van der Waals surface area contributed by atoms with Gasteiger partial charge in [0.1, 0.15) is 5.82 Å². The van der Waals surface area contributed by atoms with Crippen LogP contribution < -0.4 is 0 Å². The SMILES string of the molecule is C=CCCC(=O)N1CCc2ccccc2C1c1ccc(F)cc1. The van der Waals surface area contributed by atoms with Crippen LogP contribution in [0.25, 0.3) is 0 Å². The Kier molecular flexibility index (Phi) is 4.56. The van der Waals surface area contributed by atoms with Gasteiger partial charge in [0.15, 0.2) is 0 Å². The largest absolute Gasteiger partial charge is 0.331 e. The predicted molar refractivity (Wildman–Crippen MR) is 89.5 cm³/mol. The number of halogens is 1. The van der Waals surface area contributed by atoms with Crippen molar-refractivity contribution in [2.75, 3.05) is 6.54 Å². The van der Waals surface area contributed by atoms with Gasteiger partial charge in [0.05, 0.1) is 6.04 Å². The maximum atomic E-state index is 13.3. The zero-order valence-corrected chi connectivity index (χ0v) is 13.0. The van der Waals surface area contributed by atoms with Crippen molar-refractivity contribution in [3.8, 4) is 0 Å². The van der Waals surface area contributed by atoms with Crippen molar-refractivity contribution >= 4 is 5.91 Å². The number of rotatable bonds is 4. The number of nitrogens with zero attached hydrogens (tertiary/aromatic N) is 1. The smallest absolute Gasteiger partial charge is 0.223 e. The van der Waals surface area contributed by atoms with Crippen LogP contribution in [0, 0.1) is 5.82 Å². The third-order valence-electron chi connectivity index (χ3n) is 4.35. The van der Waals surface area contributed by atoms with E-state index in [0.29, 0.717) is 19.4 Å². The summed E-state index contributed by atoms with van der Waals surface area (Å²) in [4.78, 5) is 14.5. The molecule has 1 aliphatic rings. The summed E-state index contributed by atoms with van der Waals surface area (Å²) in [7, 11) is 0. The molecule has 2 nitrogen and oxygen atoms in total. The lowest BCUT2D eigenvalue weighted by molar-refractivity contribution is -0.133. The van der Waals surface area contributed by atoms with E-state index < -0.39 is 0 Å². The van der Waals surface area contributed by atoms with Crippen LogP contribution in [0.1, 0.15) is 35.6 Å². The van der Waals surface area contributed by atoms with E-state index in [4.69, 9.17) is 0 Å². The summed E-state index contributed by atoms with van der Waals surface area (Å²) >= 11 is 0. The Morgan fingerprint density at radius 2 is 1.96 bits per heavy atom. The molecule has 0 spiro atoms. The second-order valence-corrected chi connectivity index (χ2v) is 5.82. The van der Waals surface area contributed by atoms with Crippen molar-refractivity contribution in [2.24, 2.45) is 0 Å². The molecule has 0 radical (unpaired) electrons. The predicted octanol–water partition coefficient (Wildman–Crippen LogP) is 4.27. The van der Waals surface area contributed by atoms with E-state index in [1.165, 1.54) is 17.7 Å². The standard InChI is InChI=1S/C20H20FNO/c1-2-3-8-19(23)22-14-13-15-6-4-5-7-18(15)20(22)16-9-11-17(21)12-10-16/h2,4-7,9-12,20H,1,3,8,13-14H2. The first-order valence-electron chi connectivity index (χ1n) is 7.94. The molecule has 1 aliphatic heterocycles. The highest BCUT2D eigenvalue weighted by atomic mass is 19.1. The molecule has 23 heavy (non-hydrogen) atoms. The number of benzene rings is 2. The van der Waals surface area contributed by atoms with Crippen LogP contribution in [0.4, 0.5) is 4.39 Å². The summed E-state index contributed by atoms with van der Waals surface area (Å²) in [6, 6.07) is 14.5. The van der Waals surface area contributed by atoms with E-state index in [1.54, 1.807) is 18.2 Å². The molecule has 1 unspecified atom stereocenters. The van der Waals surface area contributed by atoms with E-state index in [9.17, 15) is 9.18 Å². The first kappa shape index (κ1) is 15.5. The zero-order valence-electron chi connectivity index (χ0n) is 13.0. The van der Waals surface area contributed by atoms with Crippen molar-refractivity contribution in [2.45, 2.75) is 25.3 Å². The molecule has 2 aromatic rings. The van der Waals surface area contributed by atoms with Gasteiger partial charge < -0.3 is 4.90 Å². The number of carbonyl (C=O) groups is 1. The lowest BCUT2D eigenvalue weighted by Crippen LogP contribution is -2.40. The average molecular weight is 309 g/mol. The summed E-state index contributed by atoms with van der Waals surface area (Å²) in [6.07, 6.45) is 3.76. The molecule has 118 valence electrons. The van der Waals surface area contributed by atoms with Crippen molar-refractivity contribution in [1.82, 2.24) is 4.90 Å². The van der Waals surface area contributed by atoms with E-state index in [0.717, 1.165) is 17.5 Å². The Bertz CT molecular complexity index is 708. The van der Waals surface area contributed by atoms with Crippen LogP contribution in [0.5, 0.6) is 0 Å². The van der Waals surface area contributed by atoms with Crippen LogP contribution >= 0.6 is 0 Å². The Hall–Kier alpha value is -2.42. The minimum absolute atomic E-state index is 0.119. The summed E-state index contributed by atoms with van der Waals surface area (Å²) < 4.78 is 13.3. The minimum atomic E-state index is -0.262. The molecule has 0 aliphatic carbocycles. The summed E-state index contributed by atoms with van der Waals surface area (Å²) in [5.74, 6) is -0.142.